The number of rotatable bonds is 5. The van der Waals surface area contributed by atoms with Crippen LogP contribution in [0.1, 0.15) is 26.3 Å². The van der Waals surface area contributed by atoms with Crippen molar-refractivity contribution in [3.63, 3.8) is 0 Å². The van der Waals surface area contributed by atoms with Gasteiger partial charge in [-0.2, -0.15) is 0 Å². The third-order valence-corrected chi connectivity index (χ3v) is 2.84. The molecule has 0 atom stereocenters. The Morgan fingerprint density at radius 2 is 2.06 bits per heavy atom. The lowest BCUT2D eigenvalue weighted by atomic mass is 10.0. The number of methoxy groups -OCH3 is 1. The first-order valence-corrected chi connectivity index (χ1v) is 6.12. The summed E-state index contributed by atoms with van der Waals surface area (Å²) in [5.74, 6) is 0.771. The summed E-state index contributed by atoms with van der Waals surface area (Å²) < 4.78 is 5.19. The summed E-state index contributed by atoms with van der Waals surface area (Å²) in [5, 5.41) is 6.04. The average molecular weight is 250 g/mol. The van der Waals surface area contributed by atoms with Gasteiger partial charge in [0, 0.05) is 5.69 Å². The minimum Gasteiger partial charge on any atom is -0.496 e. The van der Waals surface area contributed by atoms with E-state index in [0.29, 0.717) is 0 Å². The largest absolute Gasteiger partial charge is 0.496 e. The number of ether oxygens (including phenoxy) is 1. The van der Waals surface area contributed by atoms with E-state index in [1.54, 1.807) is 7.11 Å². The molecule has 0 spiro atoms. The molecule has 4 nitrogen and oxygen atoms in total. The van der Waals surface area contributed by atoms with Gasteiger partial charge < -0.3 is 15.4 Å². The number of aryl methyl sites for hydroxylation is 1. The number of hydrogen-bond donors (Lipinski definition) is 2. The zero-order valence-electron chi connectivity index (χ0n) is 11.8. The van der Waals surface area contributed by atoms with Crippen molar-refractivity contribution in [2.24, 2.45) is 0 Å². The molecule has 0 saturated carbocycles. The minimum atomic E-state index is -0.581. The molecular formula is C14H22N2O2. The second-order valence-electron chi connectivity index (χ2n) is 4.79. The van der Waals surface area contributed by atoms with Gasteiger partial charge >= 0.3 is 0 Å². The minimum absolute atomic E-state index is 0.0473. The van der Waals surface area contributed by atoms with Crippen LogP contribution < -0.4 is 15.4 Å². The van der Waals surface area contributed by atoms with Gasteiger partial charge in [-0.3, -0.25) is 4.79 Å². The van der Waals surface area contributed by atoms with Crippen molar-refractivity contribution in [3.8, 4) is 5.75 Å². The topological polar surface area (TPSA) is 50.4 Å². The first kappa shape index (κ1) is 14.5. The molecule has 0 aromatic heterocycles. The fraction of sp³-hybridized carbons (Fsp3) is 0.500. The predicted molar refractivity (Wildman–Crippen MR) is 74.1 cm³/mol. The molecule has 0 fully saturated rings. The second-order valence-corrected chi connectivity index (χ2v) is 4.79. The van der Waals surface area contributed by atoms with Crippen molar-refractivity contribution in [2.75, 3.05) is 19.0 Å². The fourth-order valence-corrected chi connectivity index (χ4v) is 1.77. The molecule has 1 amide bonds. The molecule has 0 radical (unpaired) electrons. The summed E-state index contributed by atoms with van der Waals surface area (Å²) in [4.78, 5) is 12.1. The van der Waals surface area contributed by atoms with E-state index < -0.39 is 5.54 Å². The lowest BCUT2D eigenvalue weighted by Crippen LogP contribution is -2.49. The first-order chi connectivity index (χ1) is 8.40. The molecule has 0 aliphatic heterocycles. The molecule has 18 heavy (non-hydrogen) atoms. The number of carbonyl (C=O) groups is 1. The highest BCUT2D eigenvalue weighted by Gasteiger charge is 2.26. The van der Waals surface area contributed by atoms with Gasteiger partial charge in [0.1, 0.15) is 5.75 Å². The number of benzene rings is 1. The van der Waals surface area contributed by atoms with Gasteiger partial charge in [-0.1, -0.05) is 6.92 Å². The Hall–Kier alpha value is -1.55. The second kappa shape index (κ2) is 5.87. The summed E-state index contributed by atoms with van der Waals surface area (Å²) in [7, 11) is 1.63. The Labute approximate surface area is 109 Å². The zero-order chi connectivity index (χ0) is 13.8. The van der Waals surface area contributed by atoms with Crippen molar-refractivity contribution >= 4 is 11.6 Å². The van der Waals surface area contributed by atoms with E-state index in [1.165, 1.54) is 0 Å². The zero-order valence-corrected chi connectivity index (χ0v) is 11.8. The van der Waals surface area contributed by atoms with Gasteiger partial charge in [0.05, 0.1) is 12.6 Å². The van der Waals surface area contributed by atoms with Crippen LogP contribution in [0.4, 0.5) is 5.69 Å². The van der Waals surface area contributed by atoms with Crippen molar-refractivity contribution in [1.29, 1.82) is 0 Å². The van der Waals surface area contributed by atoms with Crippen molar-refractivity contribution in [1.82, 2.24) is 5.32 Å². The maximum Gasteiger partial charge on any atom is 0.244 e. The highest BCUT2D eigenvalue weighted by Crippen LogP contribution is 2.22. The van der Waals surface area contributed by atoms with E-state index in [9.17, 15) is 4.79 Å². The summed E-state index contributed by atoms with van der Waals surface area (Å²) >= 11 is 0. The molecule has 2 N–H and O–H groups in total. The predicted octanol–water partition coefficient (Wildman–Crippen LogP) is 2.33. The Kier molecular flexibility index (Phi) is 4.73. The van der Waals surface area contributed by atoms with Gasteiger partial charge in [0.25, 0.3) is 0 Å². The Morgan fingerprint density at radius 1 is 1.39 bits per heavy atom. The number of carbonyl (C=O) groups excluding carboxylic acids is 1. The number of hydrogen-bond acceptors (Lipinski definition) is 3. The van der Waals surface area contributed by atoms with E-state index in [4.69, 9.17) is 4.74 Å². The molecular weight excluding hydrogens is 228 g/mol. The van der Waals surface area contributed by atoms with Gasteiger partial charge in [-0.05, 0) is 51.1 Å². The third-order valence-electron chi connectivity index (χ3n) is 2.84. The van der Waals surface area contributed by atoms with E-state index in [0.717, 1.165) is 23.5 Å². The first-order valence-electron chi connectivity index (χ1n) is 6.12. The molecule has 0 aliphatic rings. The van der Waals surface area contributed by atoms with Crippen LogP contribution in [0.15, 0.2) is 18.2 Å². The summed E-state index contributed by atoms with van der Waals surface area (Å²) in [5.41, 5.74) is 1.20. The highest BCUT2D eigenvalue weighted by molar-refractivity contribution is 5.97. The Balaban J connectivity index is 2.79. The van der Waals surface area contributed by atoms with Crippen LogP contribution in [0.3, 0.4) is 0 Å². The van der Waals surface area contributed by atoms with Gasteiger partial charge in [-0.15, -0.1) is 0 Å². The van der Waals surface area contributed by atoms with E-state index in [1.807, 2.05) is 45.9 Å². The molecule has 4 heteroatoms. The smallest absolute Gasteiger partial charge is 0.244 e. The third kappa shape index (κ3) is 3.47. The molecule has 0 aliphatic carbocycles. The van der Waals surface area contributed by atoms with Crippen LogP contribution in [-0.2, 0) is 4.79 Å². The number of anilines is 1. The molecule has 0 saturated heterocycles. The van der Waals surface area contributed by atoms with Crippen molar-refractivity contribution < 1.29 is 9.53 Å². The van der Waals surface area contributed by atoms with Crippen molar-refractivity contribution in [3.05, 3.63) is 23.8 Å². The number of amides is 1. The van der Waals surface area contributed by atoms with Crippen LogP contribution in [0, 0.1) is 6.92 Å². The lowest BCUT2D eigenvalue weighted by Gasteiger charge is -2.24. The van der Waals surface area contributed by atoms with Crippen LogP contribution in [0.2, 0.25) is 0 Å². The average Bonchev–Trinajstić information content (AvgIpc) is 2.29. The maximum absolute atomic E-state index is 12.1. The summed E-state index contributed by atoms with van der Waals surface area (Å²) in [6, 6.07) is 5.59. The molecule has 0 bridgehead atoms. The maximum atomic E-state index is 12.1. The molecule has 1 aromatic carbocycles. The van der Waals surface area contributed by atoms with E-state index in [2.05, 4.69) is 10.6 Å². The molecule has 0 unspecified atom stereocenters. The number of likely N-dealkylation sites (N-methyl/N-ethyl adjacent to an activating group) is 1. The molecule has 1 aromatic rings. The lowest BCUT2D eigenvalue weighted by molar-refractivity contribution is -0.121. The Morgan fingerprint density at radius 3 is 2.56 bits per heavy atom. The van der Waals surface area contributed by atoms with Gasteiger partial charge in [0.15, 0.2) is 0 Å². The normalized spacial score (nSPS) is 11.2. The van der Waals surface area contributed by atoms with Crippen LogP contribution in [0.25, 0.3) is 0 Å². The summed E-state index contributed by atoms with van der Waals surface area (Å²) in [6.07, 6.45) is 0. The summed E-state index contributed by atoms with van der Waals surface area (Å²) in [6.45, 7) is 8.41. The quantitative estimate of drug-likeness (QED) is 0.843. The van der Waals surface area contributed by atoms with Gasteiger partial charge in [0.2, 0.25) is 5.91 Å². The monoisotopic (exact) mass is 250 g/mol. The van der Waals surface area contributed by atoms with Gasteiger partial charge in [-0.25, -0.2) is 0 Å². The van der Waals surface area contributed by atoms with Crippen LogP contribution >= 0.6 is 0 Å². The highest BCUT2D eigenvalue weighted by atomic mass is 16.5. The molecule has 100 valence electrons. The van der Waals surface area contributed by atoms with Crippen LogP contribution in [0.5, 0.6) is 5.75 Å². The van der Waals surface area contributed by atoms with Crippen molar-refractivity contribution in [2.45, 2.75) is 33.2 Å². The van der Waals surface area contributed by atoms with E-state index in [-0.39, 0.29) is 5.91 Å². The molecule has 0 heterocycles. The SMILES string of the molecule is CCNC(C)(C)C(=O)Nc1ccc(OC)c(C)c1. The fourth-order valence-electron chi connectivity index (χ4n) is 1.77. The molecule has 1 rings (SSSR count). The standard InChI is InChI=1S/C14H22N2O2/c1-6-15-14(3,4)13(17)16-11-7-8-12(18-5)10(2)9-11/h7-9,15H,6H2,1-5H3,(H,16,17). The van der Waals surface area contributed by atoms with Crippen LogP contribution in [-0.4, -0.2) is 25.1 Å². The number of nitrogens with one attached hydrogen (secondary N) is 2. The Bertz CT molecular complexity index is 428. The van der Waals surface area contributed by atoms with E-state index >= 15 is 0 Å².